The zero-order chi connectivity index (χ0) is 13.9. The van der Waals surface area contributed by atoms with Crippen LogP contribution in [0.2, 0.25) is 0 Å². The van der Waals surface area contributed by atoms with Crippen LogP contribution in [0.15, 0.2) is 35.2 Å². The molecule has 0 saturated carbocycles. The third-order valence-electron chi connectivity index (χ3n) is 3.59. The summed E-state index contributed by atoms with van der Waals surface area (Å²) in [5, 5.41) is 2.03. The molecule has 2 heterocycles. The van der Waals surface area contributed by atoms with Gasteiger partial charge in [-0.15, -0.1) is 23.1 Å². The van der Waals surface area contributed by atoms with E-state index in [1.54, 1.807) is 23.1 Å². The Balaban J connectivity index is 1.56. The summed E-state index contributed by atoms with van der Waals surface area (Å²) in [6.45, 7) is 2.85. The lowest BCUT2D eigenvalue weighted by atomic mass is 10.1. The highest BCUT2D eigenvalue weighted by Gasteiger charge is 2.29. The third-order valence-corrected chi connectivity index (χ3v) is 5.18. The SMILES string of the molecule is C[C@@H]1c2ccccc2CN1C(=O)CSCc1cscn1. The molecule has 2 aromatic rings. The van der Waals surface area contributed by atoms with Gasteiger partial charge >= 0.3 is 0 Å². The fraction of sp³-hybridized carbons (Fsp3) is 0.333. The molecule has 1 atom stereocenters. The third kappa shape index (κ3) is 2.74. The topological polar surface area (TPSA) is 33.2 Å². The minimum absolute atomic E-state index is 0.193. The van der Waals surface area contributed by atoms with E-state index in [0.29, 0.717) is 5.75 Å². The molecular formula is C15H16N2OS2. The Morgan fingerprint density at radius 2 is 2.35 bits per heavy atom. The molecule has 3 nitrogen and oxygen atoms in total. The molecule has 0 N–H and O–H groups in total. The van der Waals surface area contributed by atoms with Gasteiger partial charge in [-0.2, -0.15) is 0 Å². The monoisotopic (exact) mass is 304 g/mol. The largest absolute Gasteiger partial charge is 0.331 e. The molecule has 0 fully saturated rings. The van der Waals surface area contributed by atoms with E-state index in [-0.39, 0.29) is 11.9 Å². The van der Waals surface area contributed by atoms with Crippen LogP contribution in [0.4, 0.5) is 0 Å². The van der Waals surface area contributed by atoms with Crippen LogP contribution in [0.3, 0.4) is 0 Å². The van der Waals surface area contributed by atoms with Crippen molar-refractivity contribution >= 4 is 29.0 Å². The van der Waals surface area contributed by atoms with E-state index in [1.807, 2.05) is 27.9 Å². The molecule has 0 saturated heterocycles. The molecule has 104 valence electrons. The number of hydrogen-bond donors (Lipinski definition) is 0. The van der Waals surface area contributed by atoms with Crippen molar-refractivity contribution in [3.05, 3.63) is 52.0 Å². The van der Waals surface area contributed by atoms with Gasteiger partial charge in [-0.05, 0) is 18.1 Å². The van der Waals surface area contributed by atoms with E-state index in [2.05, 4.69) is 24.0 Å². The van der Waals surface area contributed by atoms with Crippen LogP contribution in [0.25, 0.3) is 0 Å². The van der Waals surface area contributed by atoms with Crippen molar-refractivity contribution in [2.45, 2.75) is 25.3 Å². The number of amides is 1. The molecule has 0 bridgehead atoms. The van der Waals surface area contributed by atoms with Gasteiger partial charge in [0, 0.05) is 17.7 Å². The summed E-state index contributed by atoms with van der Waals surface area (Å²) in [6.07, 6.45) is 0. The molecule has 0 aliphatic carbocycles. The van der Waals surface area contributed by atoms with Gasteiger partial charge in [0.25, 0.3) is 0 Å². The van der Waals surface area contributed by atoms with E-state index in [9.17, 15) is 4.79 Å². The number of thioether (sulfide) groups is 1. The van der Waals surface area contributed by atoms with Crippen molar-refractivity contribution < 1.29 is 4.79 Å². The molecule has 5 heteroatoms. The highest BCUT2D eigenvalue weighted by Crippen LogP contribution is 2.33. The molecule has 1 aliphatic heterocycles. The van der Waals surface area contributed by atoms with E-state index in [1.165, 1.54) is 11.1 Å². The predicted octanol–water partition coefficient (Wildman–Crippen LogP) is 3.48. The molecule has 3 rings (SSSR count). The maximum absolute atomic E-state index is 12.3. The van der Waals surface area contributed by atoms with Crippen molar-refractivity contribution in [3.8, 4) is 0 Å². The van der Waals surface area contributed by atoms with Gasteiger partial charge in [-0.25, -0.2) is 4.98 Å². The summed E-state index contributed by atoms with van der Waals surface area (Å²) in [5.74, 6) is 1.55. The Hall–Kier alpha value is -1.33. The Morgan fingerprint density at radius 1 is 1.50 bits per heavy atom. The van der Waals surface area contributed by atoms with Gasteiger partial charge in [-0.3, -0.25) is 4.79 Å². The molecule has 0 radical (unpaired) electrons. The van der Waals surface area contributed by atoms with Crippen molar-refractivity contribution in [2.24, 2.45) is 0 Å². The summed E-state index contributed by atoms with van der Waals surface area (Å²) in [6, 6.07) is 8.51. The number of fused-ring (bicyclic) bond motifs is 1. The maximum atomic E-state index is 12.3. The summed E-state index contributed by atoms with van der Waals surface area (Å²) < 4.78 is 0. The van der Waals surface area contributed by atoms with Crippen LogP contribution in [0.5, 0.6) is 0 Å². The summed E-state index contributed by atoms with van der Waals surface area (Å²) >= 11 is 3.24. The molecule has 1 aromatic carbocycles. The minimum Gasteiger partial charge on any atom is -0.331 e. The predicted molar refractivity (Wildman–Crippen MR) is 83.7 cm³/mol. The van der Waals surface area contributed by atoms with Crippen LogP contribution in [0, 0.1) is 0 Å². The van der Waals surface area contributed by atoms with Crippen LogP contribution in [-0.4, -0.2) is 21.5 Å². The van der Waals surface area contributed by atoms with Crippen molar-refractivity contribution in [2.75, 3.05) is 5.75 Å². The average Bonchev–Trinajstić information content (AvgIpc) is 3.08. The van der Waals surface area contributed by atoms with E-state index >= 15 is 0 Å². The summed E-state index contributed by atoms with van der Waals surface area (Å²) in [7, 11) is 0. The quantitative estimate of drug-likeness (QED) is 0.867. The van der Waals surface area contributed by atoms with Gasteiger partial charge in [-0.1, -0.05) is 24.3 Å². The van der Waals surface area contributed by atoms with Gasteiger partial charge in [0.05, 0.1) is 23.0 Å². The second kappa shape index (κ2) is 5.97. The van der Waals surface area contributed by atoms with Crippen molar-refractivity contribution in [3.63, 3.8) is 0 Å². The smallest absolute Gasteiger partial charge is 0.233 e. The van der Waals surface area contributed by atoms with Crippen LogP contribution < -0.4 is 0 Å². The van der Waals surface area contributed by atoms with Gasteiger partial charge < -0.3 is 4.90 Å². The second-order valence-corrected chi connectivity index (χ2v) is 6.57. The first-order chi connectivity index (χ1) is 9.75. The lowest BCUT2D eigenvalue weighted by Gasteiger charge is -2.21. The van der Waals surface area contributed by atoms with Crippen molar-refractivity contribution in [1.82, 2.24) is 9.88 Å². The molecule has 1 aromatic heterocycles. The summed E-state index contributed by atoms with van der Waals surface area (Å²) in [4.78, 5) is 18.5. The van der Waals surface area contributed by atoms with E-state index in [0.717, 1.165) is 18.0 Å². The maximum Gasteiger partial charge on any atom is 0.233 e. The number of nitrogens with zero attached hydrogens (tertiary/aromatic N) is 2. The first-order valence-electron chi connectivity index (χ1n) is 6.58. The first-order valence-corrected chi connectivity index (χ1v) is 8.67. The fourth-order valence-electron chi connectivity index (χ4n) is 2.51. The second-order valence-electron chi connectivity index (χ2n) is 4.87. The van der Waals surface area contributed by atoms with Gasteiger partial charge in [0.1, 0.15) is 0 Å². The number of benzene rings is 1. The van der Waals surface area contributed by atoms with Crippen molar-refractivity contribution in [1.29, 1.82) is 0 Å². The average molecular weight is 304 g/mol. The minimum atomic E-state index is 0.193. The molecular weight excluding hydrogens is 288 g/mol. The molecule has 0 unspecified atom stereocenters. The van der Waals surface area contributed by atoms with E-state index < -0.39 is 0 Å². The van der Waals surface area contributed by atoms with E-state index in [4.69, 9.17) is 0 Å². The standard InChI is InChI=1S/C15H16N2OS2/c1-11-14-5-3-2-4-12(14)6-17(11)15(18)9-19-7-13-8-20-10-16-13/h2-5,8,10-11H,6-7,9H2,1H3/t11-/m1/s1. The van der Waals surface area contributed by atoms with Crippen LogP contribution in [0.1, 0.15) is 29.8 Å². The highest BCUT2D eigenvalue weighted by atomic mass is 32.2. The summed E-state index contributed by atoms with van der Waals surface area (Å²) in [5.41, 5.74) is 5.45. The lowest BCUT2D eigenvalue weighted by molar-refractivity contribution is -0.130. The molecule has 1 amide bonds. The normalized spacial score (nSPS) is 17.2. The number of carbonyl (C=O) groups excluding carboxylic acids is 1. The Bertz CT molecular complexity index is 598. The molecule has 20 heavy (non-hydrogen) atoms. The number of hydrogen-bond acceptors (Lipinski definition) is 4. The number of rotatable bonds is 4. The highest BCUT2D eigenvalue weighted by molar-refractivity contribution is 7.99. The molecule has 1 aliphatic rings. The van der Waals surface area contributed by atoms with Crippen LogP contribution in [-0.2, 0) is 17.1 Å². The number of aromatic nitrogens is 1. The number of carbonyl (C=O) groups is 1. The van der Waals surface area contributed by atoms with Crippen LogP contribution >= 0.6 is 23.1 Å². The zero-order valence-electron chi connectivity index (χ0n) is 11.3. The van der Waals surface area contributed by atoms with Gasteiger partial charge in [0.15, 0.2) is 0 Å². The zero-order valence-corrected chi connectivity index (χ0v) is 12.9. The number of thiazole rings is 1. The lowest BCUT2D eigenvalue weighted by Crippen LogP contribution is -2.29. The van der Waals surface area contributed by atoms with Gasteiger partial charge in [0.2, 0.25) is 5.91 Å². The Labute approximate surface area is 127 Å². The fourth-order valence-corrected chi connectivity index (χ4v) is 3.99. The Kier molecular flexibility index (Phi) is 4.08. The Morgan fingerprint density at radius 3 is 3.10 bits per heavy atom. The molecule has 0 spiro atoms. The first kappa shape index (κ1) is 13.6.